The normalized spacial score (nSPS) is 13.5. The van der Waals surface area contributed by atoms with Crippen molar-refractivity contribution >= 4 is 18.5 Å². The molecule has 0 saturated heterocycles. The quantitative estimate of drug-likeness (QED) is 0.648. The summed E-state index contributed by atoms with van der Waals surface area (Å²) in [6.45, 7) is 7.20. The highest BCUT2D eigenvalue weighted by atomic mass is 32.1. The van der Waals surface area contributed by atoms with Crippen LogP contribution in [0, 0.1) is 0 Å². The van der Waals surface area contributed by atoms with Crippen molar-refractivity contribution in [3.8, 4) is 0 Å². The van der Waals surface area contributed by atoms with Crippen molar-refractivity contribution in [2.75, 3.05) is 20.1 Å². The zero-order chi connectivity index (χ0) is 10.4. The first-order valence-corrected chi connectivity index (χ1v) is 5.09. The minimum absolute atomic E-state index is 0.0754. The summed E-state index contributed by atoms with van der Waals surface area (Å²) >= 11 is 4.26. The fraction of sp³-hybridized carbons (Fsp3) is 0.889. The lowest BCUT2D eigenvalue weighted by atomic mass is 10.3. The second-order valence-electron chi connectivity index (χ2n) is 3.77. The minimum atomic E-state index is 0.0754. The fourth-order valence-electron chi connectivity index (χ4n) is 1.13. The molecule has 0 bridgehead atoms. The lowest BCUT2D eigenvalue weighted by molar-refractivity contribution is -0.122. The summed E-state index contributed by atoms with van der Waals surface area (Å²) in [6, 6.07) is 0.217. The van der Waals surface area contributed by atoms with E-state index < -0.39 is 0 Å². The van der Waals surface area contributed by atoms with Crippen LogP contribution in [-0.4, -0.2) is 42.2 Å². The highest BCUT2D eigenvalue weighted by molar-refractivity contribution is 7.80. The Hall–Kier alpha value is -0.220. The number of hydrogen-bond donors (Lipinski definition) is 2. The Bertz CT molecular complexity index is 160. The van der Waals surface area contributed by atoms with Gasteiger partial charge >= 0.3 is 0 Å². The molecule has 3 nitrogen and oxygen atoms in total. The molecule has 1 amide bonds. The van der Waals surface area contributed by atoms with Crippen LogP contribution in [0.2, 0.25) is 0 Å². The van der Waals surface area contributed by atoms with Gasteiger partial charge in [-0.05, 0) is 20.9 Å². The predicted molar refractivity (Wildman–Crippen MR) is 59.2 cm³/mol. The zero-order valence-electron chi connectivity index (χ0n) is 8.87. The Morgan fingerprint density at radius 2 is 2.00 bits per heavy atom. The molecule has 0 aromatic heterocycles. The van der Waals surface area contributed by atoms with Gasteiger partial charge in [-0.3, -0.25) is 9.69 Å². The van der Waals surface area contributed by atoms with Crippen LogP contribution < -0.4 is 5.32 Å². The molecule has 0 aromatic rings. The number of carbonyl (C=O) groups excluding carboxylic acids is 1. The van der Waals surface area contributed by atoms with Crippen LogP contribution in [0.15, 0.2) is 0 Å². The van der Waals surface area contributed by atoms with Crippen LogP contribution in [0.1, 0.15) is 20.8 Å². The predicted octanol–water partition coefficient (Wildman–Crippen LogP) is 0.761. The minimum Gasteiger partial charge on any atom is -0.353 e. The molecule has 13 heavy (non-hydrogen) atoms. The number of nitrogens with zero attached hydrogens (tertiary/aromatic N) is 1. The summed E-state index contributed by atoms with van der Waals surface area (Å²) in [5, 5.41) is 3.14. The van der Waals surface area contributed by atoms with Gasteiger partial charge in [-0.2, -0.15) is 12.6 Å². The summed E-state index contributed by atoms with van der Waals surface area (Å²) in [5.74, 6) is 0.0754. The van der Waals surface area contributed by atoms with Gasteiger partial charge in [0.25, 0.3) is 0 Å². The Balaban J connectivity index is 3.65. The fourth-order valence-corrected chi connectivity index (χ4v) is 1.41. The maximum Gasteiger partial charge on any atom is 0.234 e. The molecule has 1 atom stereocenters. The SMILES string of the molecule is CC(C)NC(=O)CN(C)C[C@H](C)S. The molecule has 0 unspecified atom stereocenters. The summed E-state index contributed by atoms with van der Waals surface area (Å²) in [4.78, 5) is 13.2. The third-order valence-electron chi connectivity index (χ3n) is 1.44. The third kappa shape index (κ3) is 8.12. The van der Waals surface area contributed by atoms with E-state index in [1.54, 1.807) is 0 Å². The van der Waals surface area contributed by atoms with Crippen molar-refractivity contribution in [1.29, 1.82) is 0 Å². The Morgan fingerprint density at radius 1 is 1.46 bits per heavy atom. The molecule has 0 radical (unpaired) electrons. The van der Waals surface area contributed by atoms with Gasteiger partial charge in [0.15, 0.2) is 0 Å². The van der Waals surface area contributed by atoms with Gasteiger partial charge in [0.2, 0.25) is 5.91 Å². The Morgan fingerprint density at radius 3 is 2.38 bits per heavy atom. The van der Waals surface area contributed by atoms with E-state index in [9.17, 15) is 4.79 Å². The Labute approximate surface area is 86.3 Å². The summed E-state index contributed by atoms with van der Waals surface area (Å²) < 4.78 is 0. The van der Waals surface area contributed by atoms with Crippen molar-refractivity contribution in [1.82, 2.24) is 10.2 Å². The van der Waals surface area contributed by atoms with Gasteiger partial charge in [-0.1, -0.05) is 6.92 Å². The zero-order valence-corrected chi connectivity index (χ0v) is 9.77. The first-order chi connectivity index (χ1) is 5.91. The molecule has 0 saturated carbocycles. The van der Waals surface area contributed by atoms with Gasteiger partial charge in [-0.25, -0.2) is 0 Å². The van der Waals surface area contributed by atoms with E-state index in [-0.39, 0.29) is 11.9 Å². The molecule has 1 N–H and O–H groups in total. The second-order valence-corrected chi connectivity index (χ2v) is 4.65. The maximum atomic E-state index is 11.3. The molecule has 0 fully saturated rings. The van der Waals surface area contributed by atoms with Gasteiger partial charge in [-0.15, -0.1) is 0 Å². The Kier molecular flexibility index (Phi) is 6.16. The van der Waals surface area contributed by atoms with E-state index in [4.69, 9.17) is 0 Å². The maximum absolute atomic E-state index is 11.3. The molecule has 0 heterocycles. The van der Waals surface area contributed by atoms with Crippen molar-refractivity contribution in [3.63, 3.8) is 0 Å². The molecule has 0 aliphatic carbocycles. The lowest BCUT2D eigenvalue weighted by Crippen LogP contribution is -2.39. The van der Waals surface area contributed by atoms with Crippen LogP contribution in [-0.2, 0) is 4.79 Å². The first kappa shape index (κ1) is 12.8. The van der Waals surface area contributed by atoms with Crippen molar-refractivity contribution < 1.29 is 4.79 Å². The van der Waals surface area contributed by atoms with E-state index in [1.165, 1.54) is 0 Å². The van der Waals surface area contributed by atoms with Gasteiger partial charge in [0.05, 0.1) is 6.54 Å². The van der Waals surface area contributed by atoms with E-state index in [0.717, 1.165) is 6.54 Å². The summed E-state index contributed by atoms with van der Waals surface area (Å²) in [5.41, 5.74) is 0. The number of carbonyl (C=O) groups is 1. The van der Waals surface area contributed by atoms with Gasteiger partial charge < -0.3 is 5.32 Å². The van der Waals surface area contributed by atoms with Crippen molar-refractivity contribution in [3.05, 3.63) is 0 Å². The standard InChI is InChI=1S/C9H20N2OS/c1-7(2)10-9(12)6-11(4)5-8(3)13/h7-8,13H,5-6H2,1-4H3,(H,10,12)/t8-/m0/s1. The van der Waals surface area contributed by atoms with Crippen LogP contribution in [0.4, 0.5) is 0 Å². The largest absolute Gasteiger partial charge is 0.353 e. The number of hydrogen-bond acceptors (Lipinski definition) is 3. The van der Waals surface area contributed by atoms with Crippen LogP contribution in [0.3, 0.4) is 0 Å². The number of likely N-dealkylation sites (N-methyl/N-ethyl adjacent to an activating group) is 1. The molecular weight excluding hydrogens is 184 g/mol. The van der Waals surface area contributed by atoms with Crippen molar-refractivity contribution in [2.45, 2.75) is 32.1 Å². The van der Waals surface area contributed by atoms with E-state index in [2.05, 4.69) is 17.9 Å². The topological polar surface area (TPSA) is 32.3 Å². The second kappa shape index (κ2) is 6.27. The number of thiol groups is 1. The first-order valence-electron chi connectivity index (χ1n) is 4.57. The highest BCUT2D eigenvalue weighted by Crippen LogP contribution is 1.95. The van der Waals surface area contributed by atoms with E-state index >= 15 is 0 Å². The molecule has 0 aromatic carbocycles. The molecule has 0 spiro atoms. The average Bonchev–Trinajstić information content (AvgIpc) is 1.80. The third-order valence-corrected chi connectivity index (χ3v) is 1.60. The number of amides is 1. The highest BCUT2D eigenvalue weighted by Gasteiger charge is 2.08. The van der Waals surface area contributed by atoms with Crippen LogP contribution >= 0.6 is 12.6 Å². The molecule has 4 heteroatoms. The molecule has 0 rings (SSSR count). The number of nitrogens with one attached hydrogen (secondary N) is 1. The van der Waals surface area contributed by atoms with Crippen LogP contribution in [0.25, 0.3) is 0 Å². The van der Waals surface area contributed by atoms with Gasteiger partial charge in [0.1, 0.15) is 0 Å². The molecule has 0 aliphatic heterocycles. The molecule has 78 valence electrons. The number of rotatable bonds is 5. The monoisotopic (exact) mass is 204 g/mol. The van der Waals surface area contributed by atoms with E-state index in [0.29, 0.717) is 11.8 Å². The van der Waals surface area contributed by atoms with Crippen molar-refractivity contribution in [2.24, 2.45) is 0 Å². The van der Waals surface area contributed by atoms with E-state index in [1.807, 2.05) is 32.7 Å². The molecule has 0 aliphatic rings. The van der Waals surface area contributed by atoms with Crippen LogP contribution in [0.5, 0.6) is 0 Å². The molecular formula is C9H20N2OS. The van der Waals surface area contributed by atoms with Gasteiger partial charge in [0, 0.05) is 17.8 Å². The summed E-state index contributed by atoms with van der Waals surface area (Å²) in [7, 11) is 1.92. The average molecular weight is 204 g/mol. The summed E-state index contributed by atoms with van der Waals surface area (Å²) in [6.07, 6.45) is 0. The smallest absolute Gasteiger partial charge is 0.234 e. The lowest BCUT2D eigenvalue weighted by Gasteiger charge is -2.18.